The van der Waals surface area contributed by atoms with Crippen molar-refractivity contribution in [2.75, 3.05) is 13.6 Å². The number of amides is 2. The summed E-state index contributed by atoms with van der Waals surface area (Å²) in [6.45, 7) is 8.71. The summed E-state index contributed by atoms with van der Waals surface area (Å²) in [5.41, 5.74) is 2.97. The molecular formula is C30H35FN2O4. The van der Waals surface area contributed by atoms with Crippen LogP contribution in [0.5, 0.6) is 5.75 Å². The van der Waals surface area contributed by atoms with Crippen LogP contribution in [0.25, 0.3) is 0 Å². The second kappa shape index (κ2) is 11.2. The minimum atomic E-state index is -0.321. The molecule has 2 aromatic carbocycles. The lowest BCUT2D eigenvalue weighted by Crippen LogP contribution is -2.41. The number of carbonyl (C=O) groups is 2. The molecule has 4 rings (SSSR count). The highest BCUT2D eigenvalue weighted by Gasteiger charge is 2.32. The Labute approximate surface area is 218 Å². The Morgan fingerprint density at radius 1 is 1.08 bits per heavy atom. The molecule has 37 heavy (non-hydrogen) atoms. The predicted octanol–water partition coefficient (Wildman–Crippen LogP) is 6.00. The van der Waals surface area contributed by atoms with Gasteiger partial charge in [-0.3, -0.25) is 9.59 Å². The van der Waals surface area contributed by atoms with Gasteiger partial charge in [0, 0.05) is 26.1 Å². The average molecular weight is 507 g/mol. The van der Waals surface area contributed by atoms with Gasteiger partial charge in [0.15, 0.2) is 5.76 Å². The highest BCUT2D eigenvalue weighted by molar-refractivity contribution is 5.91. The molecule has 3 aromatic rings. The van der Waals surface area contributed by atoms with E-state index in [1.165, 1.54) is 12.1 Å². The van der Waals surface area contributed by atoms with Crippen LogP contribution in [-0.4, -0.2) is 41.2 Å². The number of fused-ring (bicyclic) bond motifs is 1. The van der Waals surface area contributed by atoms with Crippen LogP contribution in [0, 0.1) is 11.7 Å². The third-order valence-electron chi connectivity index (χ3n) is 6.78. The lowest BCUT2D eigenvalue weighted by Gasteiger charge is -2.38. The molecule has 0 aliphatic carbocycles. The molecule has 6 nitrogen and oxygen atoms in total. The molecule has 0 fully saturated rings. The largest absolute Gasteiger partial charge is 0.486 e. The molecule has 2 amide bonds. The number of nitrogens with zero attached hydrogens (tertiary/aromatic N) is 2. The Kier molecular flexibility index (Phi) is 8.00. The van der Waals surface area contributed by atoms with E-state index in [-0.39, 0.29) is 48.0 Å². The second-order valence-electron chi connectivity index (χ2n) is 10.3. The zero-order valence-electron chi connectivity index (χ0n) is 22.2. The molecule has 0 unspecified atom stereocenters. The van der Waals surface area contributed by atoms with E-state index < -0.39 is 0 Å². The summed E-state index contributed by atoms with van der Waals surface area (Å²) in [4.78, 5) is 29.2. The van der Waals surface area contributed by atoms with Gasteiger partial charge in [-0.25, -0.2) is 4.39 Å². The first-order valence-electron chi connectivity index (χ1n) is 12.8. The lowest BCUT2D eigenvalue weighted by molar-refractivity contribution is -0.134. The van der Waals surface area contributed by atoms with E-state index in [4.69, 9.17) is 9.15 Å². The number of hydrogen-bond acceptors (Lipinski definition) is 4. The van der Waals surface area contributed by atoms with Gasteiger partial charge < -0.3 is 19.0 Å². The Morgan fingerprint density at radius 3 is 2.49 bits per heavy atom. The molecule has 1 aromatic heterocycles. The van der Waals surface area contributed by atoms with Crippen molar-refractivity contribution in [1.82, 2.24) is 9.80 Å². The number of halogens is 1. The minimum Gasteiger partial charge on any atom is -0.486 e. The van der Waals surface area contributed by atoms with Crippen LogP contribution in [0.4, 0.5) is 4.39 Å². The minimum absolute atomic E-state index is 0.0637. The summed E-state index contributed by atoms with van der Waals surface area (Å²) in [5, 5.41) is 0. The Bertz CT molecular complexity index is 1250. The van der Waals surface area contributed by atoms with Gasteiger partial charge in [-0.05, 0) is 79.3 Å². The third kappa shape index (κ3) is 6.04. The average Bonchev–Trinajstić information content (AvgIpc) is 3.35. The second-order valence-corrected chi connectivity index (χ2v) is 10.3. The molecule has 0 bridgehead atoms. The maximum Gasteiger partial charge on any atom is 0.289 e. The van der Waals surface area contributed by atoms with E-state index in [1.807, 2.05) is 50.8 Å². The van der Waals surface area contributed by atoms with E-state index in [2.05, 4.69) is 0 Å². The highest BCUT2D eigenvalue weighted by atomic mass is 19.1. The van der Waals surface area contributed by atoms with Crippen LogP contribution < -0.4 is 4.74 Å². The molecule has 7 heteroatoms. The molecule has 0 N–H and O–H groups in total. The molecule has 1 aliphatic heterocycles. The number of ether oxygens (including phenoxy) is 1. The lowest BCUT2D eigenvalue weighted by atomic mass is 9.87. The predicted molar refractivity (Wildman–Crippen MR) is 140 cm³/mol. The number of rotatable bonds is 8. The van der Waals surface area contributed by atoms with Crippen molar-refractivity contribution in [2.24, 2.45) is 5.92 Å². The molecular weight excluding hydrogens is 471 g/mol. The smallest absolute Gasteiger partial charge is 0.289 e. The van der Waals surface area contributed by atoms with Crippen LogP contribution in [0.3, 0.4) is 0 Å². The maximum atomic E-state index is 13.7. The summed E-state index contributed by atoms with van der Waals surface area (Å²) in [7, 11) is 1.74. The van der Waals surface area contributed by atoms with Crippen molar-refractivity contribution in [3.05, 3.63) is 88.6 Å². The van der Waals surface area contributed by atoms with Crippen molar-refractivity contribution >= 4 is 11.8 Å². The Morgan fingerprint density at radius 2 is 1.81 bits per heavy atom. The Balaban J connectivity index is 1.57. The van der Waals surface area contributed by atoms with E-state index >= 15 is 0 Å². The van der Waals surface area contributed by atoms with Crippen LogP contribution >= 0.6 is 0 Å². The van der Waals surface area contributed by atoms with Gasteiger partial charge >= 0.3 is 0 Å². The first-order valence-corrected chi connectivity index (χ1v) is 12.8. The summed E-state index contributed by atoms with van der Waals surface area (Å²) < 4.78 is 25.5. The third-order valence-corrected chi connectivity index (χ3v) is 6.78. The van der Waals surface area contributed by atoms with Crippen molar-refractivity contribution < 1.29 is 23.1 Å². The SMILES string of the molecule is CC(C)CC(=O)N1CCc2ccc(OCc3ccc(C(=O)N(C)C(C)C)o3)cc2[C@H]1c1ccc(F)cc1. The molecule has 0 radical (unpaired) electrons. The number of hydrogen-bond donors (Lipinski definition) is 0. The number of benzene rings is 2. The molecule has 2 heterocycles. The van der Waals surface area contributed by atoms with Gasteiger partial charge in [0.25, 0.3) is 5.91 Å². The van der Waals surface area contributed by atoms with Gasteiger partial charge in [-0.15, -0.1) is 0 Å². The van der Waals surface area contributed by atoms with E-state index in [1.54, 1.807) is 36.2 Å². The number of carbonyl (C=O) groups excluding carboxylic acids is 2. The summed E-state index contributed by atoms with van der Waals surface area (Å²) in [5.74, 6) is 1.28. The normalized spacial score (nSPS) is 15.1. The monoisotopic (exact) mass is 506 g/mol. The fraction of sp³-hybridized carbons (Fsp3) is 0.400. The number of furan rings is 1. The van der Waals surface area contributed by atoms with Crippen molar-refractivity contribution in [3.63, 3.8) is 0 Å². The molecule has 0 spiro atoms. The molecule has 1 atom stereocenters. The summed E-state index contributed by atoms with van der Waals surface area (Å²) in [6, 6.07) is 15.4. The van der Waals surface area contributed by atoms with Gasteiger partial charge in [-0.2, -0.15) is 0 Å². The van der Waals surface area contributed by atoms with Crippen LogP contribution in [0.1, 0.15) is 73.2 Å². The van der Waals surface area contributed by atoms with E-state index in [0.717, 1.165) is 23.1 Å². The molecule has 196 valence electrons. The van der Waals surface area contributed by atoms with Crippen LogP contribution in [-0.2, 0) is 17.8 Å². The fourth-order valence-corrected chi connectivity index (χ4v) is 4.56. The van der Waals surface area contributed by atoms with Crippen LogP contribution in [0.15, 0.2) is 59.0 Å². The molecule has 0 saturated heterocycles. The first-order chi connectivity index (χ1) is 17.6. The topological polar surface area (TPSA) is 63.0 Å². The highest BCUT2D eigenvalue weighted by Crippen LogP contribution is 2.38. The van der Waals surface area contributed by atoms with E-state index in [9.17, 15) is 14.0 Å². The van der Waals surface area contributed by atoms with Gasteiger partial charge in [0.2, 0.25) is 5.91 Å². The van der Waals surface area contributed by atoms with Crippen LogP contribution in [0.2, 0.25) is 0 Å². The maximum absolute atomic E-state index is 13.7. The summed E-state index contributed by atoms with van der Waals surface area (Å²) >= 11 is 0. The quantitative estimate of drug-likeness (QED) is 0.376. The van der Waals surface area contributed by atoms with Crippen molar-refractivity contribution in [1.29, 1.82) is 0 Å². The fourth-order valence-electron chi connectivity index (χ4n) is 4.56. The molecule has 0 saturated carbocycles. The van der Waals surface area contributed by atoms with Gasteiger partial charge in [0.1, 0.15) is 23.9 Å². The molecule has 1 aliphatic rings. The van der Waals surface area contributed by atoms with Gasteiger partial charge in [0.05, 0.1) is 6.04 Å². The van der Waals surface area contributed by atoms with Crippen molar-refractivity contribution in [3.8, 4) is 5.75 Å². The zero-order valence-corrected chi connectivity index (χ0v) is 22.2. The Hall–Kier alpha value is -3.61. The van der Waals surface area contributed by atoms with E-state index in [0.29, 0.717) is 24.5 Å². The standard InChI is InChI=1S/C30H35FN2O4/c1-19(2)16-28(34)33-15-14-21-8-11-24(17-26(21)29(33)22-6-9-23(31)10-7-22)36-18-25-12-13-27(37-25)30(35)32(5)20(3)4/h6-13,17,19-20,29H,14-16,18H2,1-5H3/t29-/m1/s1. The summed E-state index contributed by atoms with van der Waals surface area (Å²) in [6.07, 6.45) is 1.19. The van der Waals surface area contributed by atoms with Crippen molar-refractivity contribution in [2.45, 2.75) is 59.2 Å². The van der Waals surface area contributed by atoms with Gasteiger partial charge in [-0.1, -0.05) is 32.0 Å². The first kappa shape index (κ1) is 26.5. The zero-order chi connectivity index (χ0) is 26.7.